The molecule has 0 spiro atoms. The van der Waals surface area contributed by atoms with Gasteiger partial charge in [0.25, 0.3) is 0 Å². The Morgan fingerprint density at radius 3 is 2.55 bits per heavy atom. The highest BCUT2D eigenvalue weighted by Crippen LogP contribution is 2.17. The minimum atomic E-state index is 0.0000816. The molecule has 0 fully saturated rings. The topological polar surface area (TPSA) is 51.2 Å². The van der Waals surface area contributed by atoms with Gasteiger partial charge in [0.1, 0.15) is 12.4 Å². The number of nitrogens with one attached hydrogen (secondary N) is 1. The zero-order valence-corrected chi connectivity index (χ0v) is 16.0. The summed E-state index contributed by atoms with van der Waals surface area (Å²) in [6.45, 7) is 0.881. The quantitative estimate of drug-likeness (QED) is 0.505. The minimum absolute atomic E-state index is 0.0000816. The van der Waals surface area contributed by atoms with Crippen LogP contribution in [-0.2, 0) is 24.4 Å². The van der Waals surface area contributed by atoms with E-state index >= 15 is 0 Å². The SMILES string of the molecule is O=C(Cc1ccc2ccccc2c1)NCc1cccc(OCc2ccccn2)c1. The van der Waals surface area contributed by atoms with Gasteiger partial charge in [-0.05, 0) is 46.2 Å². The van der Waals surface area contributed by atoms with Crippen LogP contribution in [0, 0.1) is 0 Å². The number of fused-ring (bicyclic) bond motifs is 1. The fourth-order valence-corrected chi connectivity index (χ4v) is 3.18. The van der Waals surface area contributed by atoms with Crippen LogP contribution in [0.25, 0.3) is 10.8 Å². The van der Waals surface area contributed by atoms with Gasteiger partial charge >= 0.3 is 0 Å². The first-order valence-electron chi connectivity index (χ1n) is 9.62. The molecule has 29 heavy (non-hydrogen) atoms. The van der Waals surface area contributed by atoms with Crippen LogP contribution in [0.4, 0.5) is 0 Å². The van der Waals surface area contributed by atoms with E-state index in [2.05, 4.69) is 34.6 Å². The van der Waals surface area contributed by atoms with Crippen molar-refractivity contribution in [3.8, 4) is 5.75 Å². The van der Waals surface area contributed by atoms with E-state index in [4.69, 9.17) is 4.74 Å². The summed E-state index contributed by atoms with van der Waals surface area (Å²) in [6.07, 6.45) is 2.11. The number of pyridine rings is 1. The van der Waals surface area contributed by atoms with E-state index in [1.807, 2.05) is 60.7 Å². The Morgan fingerprint density at radius 1 is 0.828 bits per heavy atom. The van der Waals surface area contributed by atoms with Crippen LogP contribution in [0.5, 0.6) is 5.75 Å². The molecule has 144 valence electrons. The number of nitrogens with zero attached hydrogens (tertiary/aromatic N) is 1. The lowest BCUT2D eigenvalue weighted by molar-refractivity contribution is -0.120. The van der Waals surface area contributed by atoms with Crippen molar-refractivity contribution < 1.29 is 9.53 Å². The van der Waals surface area contributed by atoms with Crippen molar-refractivity contribution in [2.24, 2.45) is 0 Å². The van der Waals surface area contributed by atoms with Crippen LogP contribution in [0.1, 0.15) is 16.8 Å². The molecule has 1 N–H and O–H groups in total. The molecule has 0 saturated carbocycles. The summed E-state index contributed by atoms with van der Waals surface area (Å²) < 4.78 is 5.80. The van der Waals surface area contributed by atoms with Crippen LogP contribution >= 0.6 is 0 Å². The number of carbonyl (C=O) groups excluding carboxylic acids is 1. The van der Waals surface area contributed by atoms with E-state index in [0.29, 0.717) is 19.6 Å². The smallest absolute Gasteiger partial charge is 0.224 e. The molecule has 0 bridgehead atoms. The Kier molecular flexibility index (Phi) is 5.81. The lowest BCUT2D eigenvalue weighted by Crippen LogP contribution is -2.24. The Labute approximate surface area is 170 Å². The Morgan fingerprint density at radius 2 is 1.69 bits per heavy atom. The molecule has 1 aromatic heterocycles. The number of rotatable bonds is 7. The second-order valence-electron chi connectivity index (χ2n) is 6.89. The summed E-state index contributed by atoms with van der Waals surface area (Å²) >= 11 is 0. The zero-order chi connectivity index (χ0) is 19.9. The lowest BCUT2D eigenvalue weighted by atomic mass is 10.0. The number of benzene rings is 3. The number of carbonyl (C=O) groups is 1. The largest absolute Gasteiger partial charge is 0.487 e. The number of hydrogen-bond donors (Lipinski definition) is 1. The van der Waals surface area contributed by atoms with Gasteiger partial charge in [-0.15, -0.1) is 0 Å². The maximum Gasteiger partial charge on any atom is 0.224 e. The standard InChI is InChI=1S/C25H22N2O2/c28-25(16-19-11-12-21-7-1-2-8-22(21)14-19)27-17-20-6-5-10-24(15-20)29-18-23-9-3-4-13-26-23/h1-15H,16-18H2,(H,27,28). The highest BCUT2D eigenvalue weighted by Gasteiger charge is 2.05. The molecule has 1 amide bonds. The molecule has 0 aliphatic heterocycles. The van der Waals surface area contributed by atoms with E-state index in [0.717, 1.165) is 28.0 Å². The molecule has 0 radical (unpaired) electrons. The van der Waals surface area contributed by atoms with Crippen molar-refractivity contribution in [2.75, 3.05) is 0 Å². The molecule has 4 aromatic rings. The van der Waals surface area contributed by atoms with Gasteiger partial charge in [-0.3, -0.25) is 9.78 Å². The van der Waals surface area contributed by atoms with E-state index in [-0.39, 0.29) is 5.91 Å². The van der Waals surface area contributed by atoms with Gasteiger partial charge in [-0.2, -0.15) is 0 Å². The summed E-state index contributed by atoms with van der Waals surface area (Å²) in [5, 5.41) is 5.32. The average molecular weight is 382 g/mol. The molecule has 0 saturated heterocycles. The van der Waals surface area contributed by atoms with Gasteiger partial charge < -0.3 is 10.1 Å². The molecule has 4 nitrogen and oxygen atoms in total. The second kappa shape index (κ2) is 9.02. The molecule has 0 aliphatic rings. The van der Waals surface area contributed by atoms with Crippen molar-refractivity contribution >= 4 is 16.7 Å². The van der Waals surface area contributed by atoms with Crippen LogP contribution in [-0.4, -0.2) is 10.9 Å². The van der Waals surface area contributed by atoms with Crippen LogP contribution < -0.4 is 10.1 Å². The molecular formula is C25H22N2O2. The van der Waals surface area contributed by atoms with Crippen LogP contribution in [0.2, 0.25) is 0 Å². The summed E-state index contributed by atoms with van der Waals surface area (Å²) in [4.78, 5) is 16.6. The molecule has 0 atom stereocenters. The number of ether oxygens (including phenoxy) is 1. The first kappa shape index (κ1) is 18.7. The van der Waals surface area contributed by atoms with E-state index < -0.39 is 0 Å². The van der Waals surface area contributed by atoms with E-state index in [9.17, 15) is 4.79 Å². The molecule has 0 aliphatic carbocycles. The van der Waals surface area contributed by atoms with Gasteiger partial charge in [-0.1, -0.05) is 60.7 Å². The fraction of sp³-hybridized carbons (Fsp3) is 0.120. The van der Waals surface area contributed by atoms with Crippen molar-refractivity contribution in [1.29, 1.82) is 0 Å². The Hall–Kier alpha value is -3.66. The average Bonchev–Trinajstić information content (AvgIpc) is 2.77. The zero-order valence-electron chi connectivity index (χ0n) is 16.0. The predicted octanol–water partition coefficient (Wildman–Crippen LogP) is 4.67. The molecule has 1 heterocycles. The third-order valence-electron chi connectivity index (χ3n) is 4.68. The van der Waals surface area contributed by atoms with Crippen molar-refractivity contribution in [3.63, 3.8) is 0 Å². The van der Waals surface area contributed by atoms with Gasteiger partial charge in [0, 0.05) is 12.7 Å². The predicted molar refractivity (Wildman–Crippen MR) is 115 cm³/mol. The molecule has 0 unspecified atom stereocenters. The third kappa shape index (κ3) is 5.20. The maximum atomic E-state index is 12.4. The lowest BCUT2D eigenvalue weighted by Gasteiger charge is -2.09. The second-order valence-corrected chi connectivity index (χ2v) is 6.89. The van der Waals surface area contributed by atoms with Gasteiger partial charge in [-0.25, -0.2) is 0 Å². The van der Waals surface area contributed by atoms with Crippen LogP contribution in [0.15, 0.2) is 91.1 Å². The summed E-state index contributed by atoms with van der Waals surface area (Å²) in [6, 6.07) is 27.8. The van der Waals surface area contributed by atoms with Crippen molar-refractivity contribution in [2.45, 2.75) is 19.6 Å². The number of amides is 1. The Bertz CT molecular complexity index is 1110. The third-order valence-corrected chi connectivity index (χ3v) is 4.68. The van der Waals surface area contributed by atoms with Crippen LogP contribution in [0.3, 0.4) is 0 Å². The molecule has 4 heteroatoms. The van der Waals surface area contributed by atoms with Crippen molar-refractivity contribution in [1.82, 2.24) is 10.3 Å². The normalized spacial score (nSPS) is 10.6. The molecule has 3 aromatic carbocycles. The monoisotopic (exact) mass is 382 g/mol. The minimum Gasteiger partial charge on any atom is -0.487 e. The number of hydrogen-bond acceptors (Lipinski definition) is 3. The molecule has 4 rings (SSSR count). The van der Waals surface area contributed by atoms with Crippen molar-refractivity contribution in [3.05, 3.63) is 108 Å². The van der Waals surface area contributed by atoms with Gasteiger partial charge in [0.15, 0.2) is 0 Å². The number of aromatic nitrogens is 1. The fourth-order valence-electron chi connectivity index (χ4n) is 3.18. The first-order valence-corrected chi connectivity index (χ1v) is 9.62. The summed E-state index contributed by atoms with van der Waals surface area (Å²) in [7, 11) is 0. The van der Waals surface area contributed by atoms with Gasteiger partial charge in [0.2, 0.25) is 5.91 Å². The van der Waals surface area contributed by atoms with E-state index in [1.165, 1.54) is 5.39 Å². The maximum absolute atomic E-state index is 12.4. The Balaban J connectivity index is 1.31. The summed E-state index contributed by atoms with van der Waals surface area (Å²) in [5.41, 5.74) is 2.88. The first-order chi connectivity index (χ1) is 14.3. The highest BCUT2D eigenvalue weighted by molar-refractivity contribution is 5.85. The highest BCUT2D eigenvalue weighted by atomic mass is 16.5. The summed E-state index contributed by atoms with van der Waals surface area (Å²) in [5.74, 6) is 0.761. The van der Waals surface area contributed by atoms with Gasteiger partial charge in [0.05, 0.1) is 12.1 Å². The van der Waals surface area contributed by atoms with E-state index in [1.54, 1.807) is 6.20 Å². The molecular weight excluding hydrogens is 360 g/mol.